The van der Waals surface area contributed by atoms with Crippen LogP contribution in [0.1, 0.15) is 76.6 Å². The number of anilines is 3. The predicted molar refractivity (Wildman–Crippen MR) is 146 cm³/mol. The van der Waals surface area contributed by atoms with E-state index in [1.54, 1.807) is 37.9 Å². The van der Waals surface area contributed by atoms with Gasteiger partial charge in [-0.3, -0.25) is 19.7 Å². The first kappa shape index (κ1) is 28.0. The van der Waals surface area contributed by atoms with Crippen molar-refractivity contribution in [1.29, 1.82) is 0 Å². The zero-order valence-corrected chi connectivity index (χ0v) is 23.1. The van der Waals surface area contributed by atoms with E-state index in [9.17, 15) is 19.2 Å². The van der Waals surface area contributed by atoms with Crippen molar-refractivity contribution < 1.29 is 23.9 Å². The van der Waals surface area contributed by atoms with Crippen LogP contribution in [0.15, 0.2) is 24.5 Å². The van der Waals surface area contributed by atoms with Gasteiger partial charge in [0.2, 0.25) is 5.91 Å². The molecule has 1 saturated heterocycles. The van der Waals surface area contributed by atoms with Crippen molar-refractivity contribution in [3.05, 3.63) is 41.2 Å². The number of carbonyl (C=O) groups is 4. The molecular formula is C28H36N6O5. The molecule has 4 amide bonds. The molecule has 208 valence electrons. The van der Waals surface area contributed by atoms with Crippen LogP contribution in [-0.2, 0) is 32.0 Å². The number of likely N-dealkylation sites (tertiary alicyclic amines) is 1. The van der Waals surface area contributed by atoms with E-state index in [0.29, 0.717) is 55.1 Å². The molecule has 2 aliphatic heterocycles. The lowest BCUT2D eigenvalue weighted by molar-refractivity contribution is -0.146. The van der Waals surface area contributed by atoms with Crippen LogP contribution in [0.3, 0.4) is 0 Å². The Hall–Kier alpha value is -4.02. The third kappa shape index (κ3) is 6.90. The molecule has 2 aliphatic rings. The second-order valence-electron chi connectivity index (χ2n) is 11.1. The number of hydrogen-bond acceptors (Lipinski definition) is 7. The normalized spacial score (nSPS) is 19.0. The van der Waals surface area contributed by atoms with E-state index < -0.39 is 23.5 Å². The monoisotopic (exact) mass is 536 g/mol. The van der Waals surface area contributed by atoms with Crippen LogP contribution in [0.5, 0.6) is 0 Å². The Morgan fingerprint density at radius 1 is 1.10 bits per heavy atom. The van der Waals surface area contributed by atoms with Crippen LogP contribution in [0.4, 0.5) is 22.1 Å². The summed E-state index contributed by atoms with van der Waals surface area (Å²) in [4.78, 5) is 60.7. The second kappa shape index (κ2) is 11.4. The summed E-state index contributed by atoms with van der Waals surface area (Å²) >= 11 is 0. The molecule has 0 radical (unpaired) electrons. The predicted octanol–water partition coefficient (Wildman–Crippen LogP) is 4.21. The van der Waals surface area contributed by atoms with Gasteiger partial charge in [-0.15, -0.1) is 0 Å². The van der Waals surface area contributed by atoms with Crippen molar-refractivity contribution in [1.82, 2.24) is 14.9 Å². The molecule has 0 aliphatic carbocycles. The zero-order chi connectivity index (χ0) is 28.3. The van der Waals surface area contributed by atoms with Crippen molar-refractivity contribution in [3.63, 3.8) is 0 Å². The van der Waals surface area contributed by atoms with Gasteiger partial charge in [0, 0.05) is 19.2 Å². The van der Waals surface area contributed by atoms with Crippen LogP contribution in [-0.4, -0.2) is 50.8 Å². The Kier molecular flexibility index (Phi) is 8.17. The van der Waals surface area contributed by atoms with Crippen molar-refractivity contribution >= 4 is 41.1 Å². The number of hydrogen-bond donors (Lipinski definition) is 3. The summed E-state index contributed by atoms with van der Waals surface area (Å²) in [5.74, 6) is -0.321. The average molecular weight is 537 g/mol. The number of pyridine rings is 2. The fraction of sp³-hybridized carbons (Fsp3) is 0.500. The summed E-state index contributed by atoms with van der Waals surface area (Å²) in [5, 5.41) is 8.09. The topological polar surface area (TPSA) is 143 Å². The van der Waals surface area contributed by atoms with Gasteiger partial charge in [0.25, 0.3) is 0 Å². The highest BCUT2D eigenvalue weighted by atomic mass is 16.6. The standard InChI is InChI=1S/C28H36N6O5/c1-6-17-12-20(14-30-23(17)33-27(38)39-28(3,4)5)31-25(36)26(37)34-15-16(2)7-9-21(34)19-11-18-8-10-22(35)32-24(18)29-13-19/h11-14,16,21H,6-10,15H2,1-5H3,(H,31,36)(H,29,32,35)(H,30,33,38)/t16-,21+/m1/s1. The molecule has 39 heavy (non-hydrogen) atoms. The van der Waals surface area contributed by atoms with Gasteiger partial charge < -0.3 is 20.3 Å². The highest BCUT2D eigenvalue weighted by Crippen LogP contribution is 2.35. The Morgan fingerprint density at radius 3 is 2.59 bits per heavy atom. The fourth-order valence-electron chi connectivity index (χ4n) is 4.86. The Labute approximate surface area is 228 Å². The van der Waals surface area contributed by atoms with Gasteiger partial charge in [0.15, 0.2) is 0 Å². The summed E-state index contributed by atoms with van der Waals surface area (Å²) < 4.78 is 5.29. The molecule has 0 bridgehead atoms. The number of amides is 4. The van der Waals surface area contributed by atoms with E-state index in [1.807, 2.05) is 13.0 Å². The molecule has 11 nitrogen and oxygen atoms in total. The molecule has 4 rings (SSSR count). The molecule has 2 atom stereocenters. The van der Waals surface area contributed by atoms with Crippen LogP contribution < -0.4 is 16.0 Å². The molecule has 0 aromatic carbocycles. The number of nitrogens with one attached hydrogen (secondary N) is 3. The summed E-state index contributed by atoms with van der Waals surface area (Å²) in [5.41, 5.74) is 2.17. The molecule has 0 unspecified atom stereocenters. The SMILES string of the molecule is CCc1cc(NC(=O)C(=O)N2C[C@H](C)CC[C@H]2c2cnc3c(c2)CCC(=O)N3)cnc1NC(=O)OC(C)(C)C. The Bertz CT molecular complexity index is 1290. The number of rotatable bonds is 4. The van der Waals surface area contributed by atoms with E-state index in [0.717, 1.165) is 17.5 Å². The molecule has 2 aromatic rings. The maximum Gasteiger partial charge on any atom is 0.413 e. The summed E-state index contributed by atoms with van der Waals surface area (Å²) in [7, 11) is 0. The molecule has 2 aromatic heterocycles. The average Bonchev–Trinajstić information content (AvgIpc) is 2.87. The first-order chi connectivity index (χ1) is 18.4. The fourth-order valence-corrected chi connectivity index (χ4v) is 4.86. The summed E-state index contributed by atoms with van der Waals surface area (Å²) in [6.45, 7) is 9.71. The molecule has 4 heterocycles. The van der Waals surface area contributed by atoms with Crippen LogP contribution in [0.25, 0.3) is 0 Å². The zero-order valence-electron chi connectivity index (χ0n) is 23.1. The lowest BCUT2D eigenvalue weighted by atomic mass is 9.89. The van der Waals surface area contributed by atoms with Crippen molar-refractivity contribution in [3.8, 4) is 0 Å². The van der Waals surface area contributed by atoms with E-state index >= 15 is 0 Å². The highest BCUT2D eigenvalue weighted by Gasteiger charge is 2.35. The molecule has 1 fully saturated rings. The third-order valence-corrected chi connectivity index (χ3v) is 6.75. The van der Waals surface area contributed by atoms with Crippen LogP contribution in [0, 0.1) is 5.92 Å². The van der Waals surface area contributed by atoms with Gasteiger partial charge in [0.1, 0.15) is 17.2 Å². The van der Waals surface area contributed by atoms with Crippen molar-refractivity contribution in [2.45, 2.75) is 78.4 Å². The molecule has 11 heteroatoms. The molecular weight excluding hydrogens is 500 g/mol. The van der Waals surface area contributed by atoms with Gasteiger partial charge in [-0.2, -0.15) is 0 Å². The number of nitrogens with zero attached hydrogens (tertiary/aromatic N) is 3. The number of piperidine rings is 1. The lowest BCUT2D eigenvalue weighted by Gasteiger charge is -2.38. The number of ether oxygens (including phenoxy) is 1. The Balaban J connectivity index is 1.48. The van der Waals surface area contributed by atoms with Gasteiger partial charge in [-0.05, 0) is 81.2 Å². The van der Waals surface area contributed by atoms with Crippen molar-refractivity contribution in [2.75, 3.05) is 22.5 Å². The van der Waals surface area contributed by atoms with Gasteiger partial charge in [0.05, 0.1) is 17.9 Å². The van der Waals surface area contributed by atoms with E-state index in [1.165, 1.54) is 6.20 Å². The summed E-state index contributed by atoms with van der Waals surface area (Å²) in [6.07, 6.45) is 5.59. The molecule has 3 N–H and O–H groups in total. The maximum absolute atomic E-state index is 13.4. The van der Waals surface area contributed by atoms with Crippen LogP contribution in [0.2, 0.25) is 0 Å². The van der Waals surface area contributed by atoms with E-state index in [-0.39, 0.29) is 17.9 Å². The first-order valence-electron chi connectivity index (χ1n) is 13.3. The van der Waals surface area contributed by atoms with E-state index in [4.69, 9.17) is 4.74 Å². The lowest BCUT2D eigenvalue weighted by Crippen LogP contribution is -2.46. The Morgan fingerprint density at radius 2 is 1.87 bits per heavy atom. The van der Waals surface area contributed by atoms with E-state index in [2.05, 4.69) is 32.8 Å². The van der Waals surface area contributed by atoms with Crippen molar-refractivity contribution in [2.24, 2.45) is 5.92 Å². The smallest absolute Gasteiger partial charge is 0.413 e. The minimum absolute atomic E-state index is 0.0582. The highest BCUT2D eigenvalue weighted by molar-refractivity contribution is 6.39. The number of carbonyl (C=O) groups excluding carboxylic acids is 4. The number of aromatic nitrogens is 2. The van der Waals surface area contributed by atoms with Gasteiger partial charge in [-0.1, -0.05) is 13.8 Å². The minimum atomic E-state index is -0.760. The third-order valence-electron chi connectivity index (χ3n) is 6.75. The first-order valence-corrected chi connectivity index (χ1v) is 13.3. The molecule has 0 spiro atoms. The molecule has 0 saturated carbocycles. The van der Waals surface area contributed by atoms with Crippen LogP contribution >= 0.6 is 0 Å². The van der Waals surface area contributed by atoms with Gasteiger partial charge in [-0.25, -0.2) is 14.8 Å². The number of fused-ring (bicyclic) bond motifs is 1. The summed E-state index contributed by atoms with van der Waals surface area (Å²) in [6, 6.07) is 3.37. The largest absolute Gasteiger partial charge is 0.444 e. The van der Waals surface area contributed by atoms with Gasteiger partial charge >= 0.3 is 17.9 Å². The quantitative estimate of drug-likeness (QED) is 0.497. The maximum atomic E-state index is 13.4. The minimum Gasteiger partial charge on any atom is -0.444 e. The second-order valence-corrected chi connectivity index (χ2v) is 11.1. The number of aryl methyl sites for hydroxylation is 2.